The van der Waals surface area contributed by atoms with Gasteiger partial charge in [0.25, 0.3) is 5.91 Å². The third-order valence-electron chi connectivity index (χ3n) is 8.34. The molecule has 2 aromatic carbocycles. The molecule has 4 bridgehead atoms. The van der Waals surface area contributed by atoms with Crippen LogP contribution in [-0.4, -0.2) is 34.6 Å². The molecular formula is C28H32N2O2S. The SMILES string of the molecule is O=C(CSc1ccccc1C(=O)N1CCc2ccccc2C1)NC12CC3CC(CC(C3)C1)C2. The molecule has 0 saturated heterocycles. The summed E-state index contributed by atoms with van der Waals surface area (Å²) in [7, 11) is 0. The van der Waals surface area contributed by atoms with Crippen LogP contribution in [0.2, 0.25) is 0 Å². The third kappa shape index (κ3) is 4.21. The number of carbonyl (C=O) groups excluding carboxylic acids is 2. The van der Waals surface area contributed by atoms with Gasteiger partial charge in [0.1, 0.15) is 0 Å². The summed E-state index contributed by atoms with van der Waals surface area (Å²) in [4.78, 5) is 29.2. The number of nitrogens with one attached hydrogen (secondary N) is 1. The molecule has 7 rings (SSSR count). The minimum atomic E-state index is 0.0446. The van der Waals surface area contributed by atoms with Crippen molar-refractivity contribution in [1.29, 1.82) is 0 Å². The number of amides is 2. The Morgan fingerprint density at radius 1 is 0.909 bits per heavy atom. The molecule has 0 unspecified atom stereocenters. The predicted octanol–water partition coefficient (Wildman–Crippen LogP) is 5.06. The molecule has 4 saturated carbocycles. The van der Waals surface area contributed by atoms with Crippen LogP contribution in [0.3, 0.4) is 0 Å². The minimum Gasteiger partial charge on any atom is -0.350 e. The number of hydrogen-bond acceptors (Lipinski definition) is 3. The molecule has 1 N–H and O–H groups in total. The van der Waals surface area contributed by atoms with E-state index >= 15 is 0 Å². The summed E-state index contributed by atoms with van der Waals surface area (Å²) in [6, 6.07) is 16.1. The van der Waals surface area contributed by atoms with Crippen molar-refractivity contribution in [3.8, 4) is 0 Å². The Balaban J connectivity index is 1.11. The van der Waals surface area contributed by atoms with Crippen molar-refractivity contribution in [2.24, 2.45) is 17.8 Å². The fourth-order valence-corrected chi connectivity index (χ4v) is 8.19. The summed E-state index contributed by atoms with van der Waals surface area (Å²) >= 11 is 1.50. The standard InChI is InChI=1S/C28H32N2O2S/c31-26(29-28-14-19-11-20(15-28)13-21(12-19)16-28)18-33-25-8-4-3-7-24(25)27(32)30-10-9-22-5-1-2-6-23(22)17-30/h1-8,19-21H,9-18H2,(H,29,31). The molecule has 0 atom stereocenters. The van der Waals surface area contributed by atoms with Gasteiger partial charge in [0.05, 0.1) is 11.3 Å². The van der Waals surface area contributed by atoms with Gasteiger partial charge in [-0.1, -0.05) is 36.4 Å². The zero-order valence-corrected chi connectivity index (χ0v) is 19.9. The lowest BCUT2D eigenvalue weighted by molar-refractivity contribution is -0.124. The maximum atomic E-state index is 13.4. The fourth-order valence-electron chi connectivity index (χ4n) is 7.35. The van der Waals surface area contributed by atoms with E-state index in [1.54, 1.807) is 0 Å². The predicted molar refractivity (Wildman–Crippen MR) is 131 cm³/mol. The molecule has 0 radical (unpaired) electrons. The van der Waals surface area contributed by atoms with Crippen LogP contribution in [0.15, 0.2) is 53.4 Å². The van der Waals surface area contributed by atoms with Crippen LogP contribution in [0.5, 0.6) is 0 Å². The van der Waals surface area contributed by atoms with E-state index in [2.05, 4.69) is 23.5 Å². The molecule has 33 heavy (non-hydrogen) atoms. The number of nitrogens with zero attached hydrogens (tertiary/aromatic N) is 1. The normalized spacial score (nSPS) is 29.6. The number of benzene rings is 2. The van der Waals surface area contributed by atoms with Crippen LogP contribution in [0.1, 0.15) is 60.0 Å². The van der Waals surface area contributed by atoms with Crippen molar-refractivity contribution in [1.82, 2.24) is 10.2 Å². The third-order valence-corrected chi connectivity index (χ3v) is 9.41. The topological polar surface area (TPSA) is 49.4 Å². The first kappa shape index (κ1) is 21.3. The first-order valence-corrected chi connectivity index (χ1v) is 13.4. The lowest BCUT2D eigenvalue weighted by Crippen LogP contribution is -2.60. The Kier molecular flexibility index (Phi) is 5.48. The van der Waals surface area contributed by atoms with Crippen molar-refractivity contribution in [2.75, 3.05) is 12.3 Å². The molecule has 1 heterocycles. The van der Waals surface area contributed by atoms with Gasteiger partial charge in [-0.05, 0) is 86.0 Å². The summed E-state index contributed by atoms with van der Waals surface area (Å²) in [6.45, 7) is 1.39. The average Bonchev–Trinajstić information content (AvgIpc) is 2.81. The molecule has 0 aromatic heterocycles. The molecule has 4 aliphatic carbocycles. The van der Waals surface area contributed by atoms with Gasteiger partial charge >= 0.3 is 0 Å². The van der Waals surface area contributed by atoms with E-state index in [0.29, 0.717) is 17.9 Å². The first-order valence-electron chi connectivity index (χ1n) is 12.5. The van der Waals surface area contributed by atoms with Gasteiger partial charge in [0.15, 0.2) is 0 Å². The Hall–Kier alpha value is -2.27. The van der Waals surface area contributed by atoms with E-state index in [1.807, 2.05) is 35.2 Å². The smallest absolute Gasteiger partial charge is 0.255 e. The van der Waals surface area contributed by atoms with Crippen LogP contribution in [0, 0.1) is 17.8 Å². The van der Waals surface area contributed by atoms with Crippen LogP contribution >= 0.6 is 11.8 Å². The highest BCUT2D eigenvalue weighted by Crippen LogP contribution is 2.55. The van der Waals surface area contributed by atoms with E-state index in [-0.39, 0.29) is 17.4 Å². The van der Waals surface area contributed by atoms with Gasteiger partial charge < -0.3 is 10.2 Å². The first-order chi connectivity index (χ1) is 16.1. The van der Waals surface area contributed by atoms with Crippen molar-refractivity contribution < 1.29 is 9.59 Å². The number of fused-ring (bicyclic) bond motifs is 1. The number of thioether (sulfide) groups is 1. The Bertz CT molecular complexity index is 1050. The lowest BCUT2D eigenvalue weighted by Gasteiger charge is -2.56. The molecule has 4 fully saturated rings. The van der Waals surface area contributed by atoms with Gasteiger partial charge in [-0.3, -0.25) is 9.59 Å². The van der Waals surface area contributed by atoms with E-state index in [0.717, 1.165) is 35.6 Å². The van der Waals surface area contributed by atoms with Crippen LogP contribution in [0.4, 0.5) is 0 Å². The molecule has 5 heteroatoms. The minimum absolute atomic E-state index is 0.0446. The van der Waals surface area contributed by atoms with E-state index in [4.69, 9.17) is 0 Å². The maximum Gasteiger partial charge on any atom is 0.255 e. The zero-order valence-electron chi connectivity index (χ0n) is 19.1. The monoisotopic (exact) mass is 460 g/mol. The molecular weight excluding hydrogens is 428 g/mol. The molecule has 1 aliphatic heterocycles. The summed E-state index contributed by atoms with van der Waals surface area (Å²) in [6.07, 6.45) is 8.52. The molecule has 172 valence electrons. The highest BCUT2D eigenvalue weighted by Gasteiger charge is 2.51. The van der Waals surface area contributed by atoms with Crippen LogP contribution in [0.25, 0.3) is 0 Å². The quantitative estimate of drug-likeness (QED) is 0.635. The second-order valence-corrected chi connectivity index (χ2v) is 11.8. The van der Waals surface area contributed by atoms with Crippen molar-refractivity contribution in [3.63, 3.8) is 0 Å². The largest absolute Gasteiger partial charge is 0.350 e. The van der Waals surface area contributed by atoms with E-state index in [1.165, 1.54) is 61.4 Å². The van der Waals surface area contributed by atoms with Crippen molar-refractivity contribution in [2.45, 2.75) is 61.9 Å². The Labute approximate surface area is 200 Å². The summed E-state index contributed by atoms with van der Waals surface area (Å²) in [5, 5.41) is 3.46. The van der Waals surface area contributed by atoms with Crippen molar-refractivity contribution in [3.05, 3.63) is 65.2 Å². The van der Waals surface area contributed by atoms with Gasteiger partial charge in [-0.25, -0.2) is 0 Å². The summed E-state index contributed by atoms with van der Waals surface area (Å²) in [5.74, 6) is 3.01. The van der Waals surface area contributed by atoms with Crippen molar-refractivity contribution >= 4 is 23.6 Å². The van der Waals surface area contributed by atoms with E-state index in [9.17, 15) is 9.59 Å². The van der Waals surface area contributed by atoms with Gasteiger partial charge in [0.2, 0.25) is 5.91 Å². The second-order valence-electron chi connectivity index (χ2n) is 10.8. The average molecular weight is 461 g/mol. The summed E-state index contributed by atoms with van der Waals surface area (Å²) < 4.78 is 0. The highest BCUT2D eigenvalue weighted by molar-refractivity contribution is 8.00. The maximum absolute atomic E-state index is 13.4. The Morgan fingerprint density at radius 3 is 2.27 bits per heavy atom. The second kappa shape index (κ2) is 8.50. The lowest BCUT2D eigenvalue weighted by atomic mass is 9.53. The number of carbonyl (C=O) groups is 2. The number of hydrogen-bond donors (Lipinski definition) is 1. The molecule has 0 spiro atoms. The van der Waals surface area contributed by atoms with Gasteiger partial charge in [-0.15, -0.1) is 11.8 Å². The van der Waals surface area contributed by atoms with Gasteiger partial charge in [0, 0.05) is 23.5 Å². The molecule has 2 aromatic rings. The highest BCUT2D eigenvalue weighted by atomic mass is 32.2. The van der Waals surface area contributed by atoms with Gasteiger partial charge in [-0.2, -0.15) is 0 Å². The zero-order chi connectivity index (χ0) is 22.4. The fraction of sp³-hybridized carbons (Fsp3) is 0.500. The van der Waals surface area contributed by atoms with Crippen LogP contribution in [-0.2, 0) is 17.8 Å². The van der Waals surface area contributed by atoms with Crippen LogP contribution < -0.4 is 5.32 Å². The molecule has 4 nitrogen and oxygen atoms in total. The Morgan fingerprint density at radius 2 is 1.55 bits per heavy atom. The molecule has 2 amide bonds. The summed E-state index contributed by atoms with van der Waals surface area (Å²) in [5.41, 5.74) is 3.33. The van der Waals surface area contributed by atoms with E-state index < -0.39 is 0 Å². The molecule has 5 aliphatic rings. The number of rotatable bonds is 5.